The van der Waals surface area contributed by atoms with E-state index >= 15 is 0 Å². The van der Waals surface area contributed by atoms with E-state index in [4.69, 9.17) is 0 Å². The van der Waals surface area contributed by atoms with Crippen LogP contribution in [0.1, 0.15) is 12.2 Å². The second-order valence-corrected chi connectivity index (χ2v) is 8.06. The van der Waals surface area contributed by atoms with Gasteiger partial charge < -0.3 is 9.67 Å². The number of hydrogen-bond acceptors (Lipinski definition) is 5. The molecule has 2 aromatic rings. The van der Waals surface area contributed by atoms with Crippen molar-refractivity contribution in [2.45, 2.75) is 19.0 Å². The average molecular weight is 323 g/mol. The number of benzene rings is 1. The summed E-state index contributed by atoms with van der Waals surface area (Å²) in [6.45, 7) is 1.02. The van der Waals surface area contributed by atoms with Gasteiger partial charge in [-0.2, -0.15) is 0 Å². The zero-order valence-corrected chi connectivity index (χ0v) is 13.5. The van der Waals surface area contributed by atoms with Crippen LogP contribution in [0.5, 0.6) is 0 Å². The first-order valence-electron chi connectivity index (χ1n) is 7.46. The summed E-state index contributed by atoms with van der Waals surface area (Å²) in [5.41, 5.74) is 1.99. The van der Waals surface area contributed by atoms with Crippen molar-refractivity contribution < 1.29 is 13.5 Å². The van der Waals surface area contributed by atoms with Crippen LogP contribution in [0.2, 0.25) is 0 Å². The molecular formula is C15H21N3O3S. The van der Waals surface area contributed by atoms with Gasteiger partial charge in [-0.3, -0.25) is 4.90 Å². The Bertz CT molecular complexity index is 769. The first-order valence-corrected chi connectivity index (χ1v) is 9.28. The number of fused-ring (bicyclic) bond motifs is 1. The number of para-hydroxylation sites is 2. The minimum atomic E-state index is -2.94. The number of aliphatic hydroxyl groups is 1. The molecule has 0 aliphatic carbocycles. The highest BCUT2D eigenvalue weighted by atomic mass is 32.2. The Labute approximate surface area is 130 Å². The molecule has 2 heterocycles. The van der Waals surface area contributed by atoms with Gasteiger partial charge >= 0.3 is 0 Å². The van der Waals surface area contributed by atoms with Gasteiger partial charge in [-0.15, -0.1) is 0 Å². The fraction of sp³-hybridized carbons (Fsp3) is 0.533. The van der Waals surface area contributed by atoms with Gasteiger partial charge in [0.2, 0.25) is 0 Å². The molecule has 1 aliphatic heterocycles. The minimum Gasteiger partial charge on any atom is -0.395 e. The highest BCUT2D eigenvalue weighted by Gasteiger charge is 2.32. The SMILES string of the molecule is Cn1c(CN(CCO)C2CCS(=O)(=O)C2)nc2ccccc21. The molecule has 1 aliphatic rings. The van der Waals surface area contributed by atoms with Crippen LogP contribution in [-0.4, -0.2) is 58.7 Å². The highest BCUT2D eigenvalue weighted by Crippen LogP contribution is 2.21. The second-order valence-electron chi connectivity index (χ2n) is 5.83. The topological polar surface area (TPSA) is 75.4 Å². The number of aromatic nitrogens is 2. The molecule has 1 aromatic carbocycles. The largest absolute Gasteiger partial charge is 0.395 e. The third-order valence-electron chi connectivity index (χ3n) is 4.34. The van der Waals surface area contributed by atoms with Gasteiger partial charge in [0.15, 0.2) is 9.84 Å². The Balaban J connectivity index is 1.85. The number of aliphatic hydroxyl groups excluding tert-OH is 1. The van der Waals surface area contributed by atoms with E-state index in [0.29, 0.717) is 19.5 Å². The molecule has 3 rings (SSSR count). The van der Waals surface area contributed by atoms with Crippen molar-refractivity contribution in [3.05, 3.63) is 30.1 Å². The predicted molar refractivity (Wildman–Crippen MR) is 85.3 cm³/mol. The summed E-state index contributed by atoms with van der Waals surface area (Å²) in [5, 5.41) is 9.30. The molecule has 1 atom stereocenters. The monoisotopic (exact) mass is 323 g/mol. The molecule has 1 saturated heterocycles. The zero-order chi connectivity index (χ0) is 15.7. The van der Waals surface area contributed by atoms with E-state index in [1.807, 2.05) is 40.8 Å². The van der Waals surface area contributed by atoms with E-state index in [0.717, 1.165) is 16.9 Å². The summed E-state index contributed by atoms with van der Waals surface area (Å²) >= 11 is 0. The summed E-state index contributed by atoms with van der Waals surface area (Å²) in [6, 6.07) is 7.88. The molecule has 1 unspecified atom stereocenters. The van der Waals surface area contributed by atoms with E-state index in [1.54, 1.807) is 0 Å². The van der Waals surface area contributed by atoms with Gasteiger partial charge in [0, 0.05) is 19.6 Å². The normalized spacial score (nSPS) is 21.0. The second kappa shape index (κ2) is 5.98. The van der Waals surface area contributed by atoms with Crippen LogP contribution in [0.4, 0.5) is 0 Å². The van der Waals surface area contributed by atoms with Gasteiger partial charge in [-0.1, -0.05) is 12.1 Å². The van der Waals surface area contributed by atoms with Crippen molar-refractivity contribution in [1.29, 1.82) is 0 Å². The van der Waals surface area contributed by atoms with Crippen molar-refractivity contribution in [3.63, 3.8) is 0 Å². The van der Waals surface area contributed by atoms with Gasteiger partial charge in [0.25, 0.3) is 0 Å². The third kappa shape index (κ3) is 3.02. The van der Waals surface area contributed by atoms with Crippen molar-refractivity contribution in [1.82, 2.24) is 14.5 Å². The molecule has 0 saturated carbocycles. The zero-order valence-electron chi connectivity index (χ0n) is 12.6. The first kappa shape index (κ1) is 15.5. The van der Waals surface area contributed by atoms with Crippen LogP contribution in [0.15, 0.2) is 24.3 Å². The summed E-state index contributed by atoms with van der Waals surface area (Å²) in [5.74, 6) is 1.30. The number of hydrogen-bond donors (Lipinski definition) is 1. The van der Waals surface area contributed by atoms with Crippen LogP contribution in [-0.2, 0) is 23.4 Å². The predicted octanol–water partition coefficient (Wildman–Crippen LogP) is 0.555. The molecule has 6 nitrogen and oxygen atoms in total. The summed E-state index contributed by atoms with van der Waals surface area (Å²) in [7, 11) is -0.971. The number of aryl methyl sites for hydroxylation is 1. The van der Waals surface area contributed by atoms with Gasteiger partial charge in [0.1, 0.15) is 5.82 Å². The third-order valence-corrected chi connectivity index (χ3v) is 6.09. The Kier molecular flexibility index (Phi) is 4.20. The Morgan fingerprint density at radius 3 is 2.82 bits per heavy atom. The fourth-order valence-electron chi connectivity index (χ4n) is 3.10. The van der Waals surface area contributed by atoms with E-state index in [1.165, 1.54) is 0 Å². The molecule has 120 valence electrons. The van der Waals surface area contributed by atoms with E-state index in [-0.39, 0.29) is 24.2 Å². The molecule has 7 heteroatoms. The molecule has 0 spiro atoms. The van der Waals surface area contributed by atoms with E-state index in [9.17, 15) is 13.5 Å². The van der Waals surface area contributed by atoms with Crippen molar-refractivity contribution >= 4 is 20.9 Å². The summed E-state index contributed by atoms with van der Waals surface area (Å²) in [6.07, 6.45) is 0.631. The van der Waals surface area contributed by atoms with Gasteiger partial charge in [-0.05, 0) is 18.6 Å². The maximum absolute atomic E-state index is 11.7. The van der Waals surface area contributed by atoms with E-state index in [2.05, 4.69) is 4.98 Å². The lowest BCUT2D eigenvalue weighted by Gasteiger charge is -2.26. The molecule has 22 heavy (non-hydrogen) atoms. The number of sulfone groups is 1. The lowest BCUT2D eigenvalue weighted by molar-refractivity contribution is 0.150. The standard InChI is InChI=1S/C15H21N3O3S/c1-17-14-5-3-2-4-13(14)16-15(17)10-18(7-8-19)12-6-9-22(20,21)11-12/h2-5,12,19H,6-11H2,1H3. The maximum Gasteiger partial charge on any atom is 0.151 e. The van der Waals surface area contributed by atoms with Gasteiger partial charge in [-0.25, -0.2) is 13.4 Å². The fourth-order valence-corrected chi connectivity index (χ4v) is 4.86. The highest BCUT2D eigenvalue weighted by molar-refractivity contribution is 7.91. The lowest BCUT2D eigenvalue weighted by atomic mass is 10.2. The molecule has 1 fully saturated rings. The van der Waals surface area contributed by atoms with Crippen molar-refractivity contribution in [3.8, 4) is 0 Å². The van der Waals surface area contributed by atoms with Gasteiger partial charge in [0.05, 0.1) is 35.7 Å². The number of imidazole rings is 1. The Morgan fingerprint density at radius 2 is 2.18 bits per heavy atom. The van der Waals surface area contributed by atoms with Crippen LogP contribution in [0.25, 0.3) is 11.0 Å². The lowest BCUT2D eigenvalue weighted by Crippen LogP contribution is -2.38. The minimum absolute atomic E-state index is 0.0144. The number of rotatable bonds is 5. The molecule has 1 N–H and O–H groups in total. The van der Waals surface area contributed by atoms with Crippen molar-refractivity contribution in [2.24, 2.45) is 7.05 Å². The molecule has 0 amide bonds. The van der Waals surface area contributed by atoms with Crippen LogP contribution >= 0.6 is 0 Å². The average Bonchev–Trinajstić information content (AvgIpc) is 3.00. The molecular weight excluding hydrogens is 302 g/mol. The van der Waals surface area contributed by atoms with E-state index < -0.39 is 9.84 Å². The maximum atomic E-state index is 11.7. The Morgan fingerprint density at radius 1 is 1.41 bits per heavy atom. The van der Waals surface area contributed by atoms with Crippen LogP contribution < -0.4 is 0 Å². The molecule has 0 radical (unpaired) electrons. The molecule has 0 bridgehead atoms. The molecule has 1 aromatic heterocycles. The first-order chi connectivity index (χ1) is 10.5. The van der Waals surface area contributed by atoms with Crippen molar-refractivity contribution in [2.75, 3.05) is 24.7 Å². The summed E-state index contributed by atoms with van der Waals surface area (Å²) in [4.78, 5) is 6.67. The van der Waals surface area contributed by atoms with Crippen LogP contribution in [0, 0.1) is 0 Å². The number of nitrogens with zero attached hydrogens (tertiary/aromatic N) is 3. The smallest absolute Gasteiger partial charge is 0.151 e. The summed E-state index contributed by atoms with van der Waals surface area (Å²) < 4.78 is 25.4. The quantitative estimate of drug-likeness (QED) is 0.870. The van der Waals surface area contributed by atoms with Crippen LogP contribution in [0.3, 0.4) is 0 Å². The Hall–Kier alpha value is -1.44.